The van der Waals surface area contributed by atoms with E-state index < -0.39 is 41.8 Å². The normalized spacial score (nSPS) is 12.0. The molecule has 28 heavy (non-hydrogen) atoms. The van der Waals surface area contributed by atoms with Crippen LogP contribution in [0.1, 0.15) is 16.8 Å². The van der Waals surface area contributed by atoms with Crippen molar-refractivity contribution >= 4 is 55.8 Å². The summed E-state index contributed by atoms with van der Waals surface area (Å²) in [5.41, 5.74) is 0.962. The zero-order valence-corrected chi connectivity index (χ0v) is 17.9. The average Bonchev–Trinajstić information content (AvgIpc) is 2.66. The fourth-order valence-corrected chi connectivity index (χ4v) is 2.94. The topological polar surface area (TPSA) is 90.8 Å². The summed E-state index contributed by atoms with van der Waals surface area (Å²) in [6.45, 7) is -0.601. The molecule has 2 aromatic rings. The van der Waals surface area contributed by atoms with Gasteiger partial charge in [0.1, 0.15) is 5.82 Å². The maximum atomic E-state index is 14.4. The third kappa shape index (κ3) is 5.80. The molecule has 1 atom stereocenters. The standard InChI is InChI=1S/C17H15BrF3IN2O4/c18-11-6-10(17(27)24-28-4-3-9(26)7-25)16(15(21)14(11)20)23-13-2-1-8(22)5-12(13)19/h1-2,5-6,9,23,25-26H,3-4,7H2,(H,24,27). The highest BCUT2D eigenvalue weighted by Crippen LogP contribution is 2.32. The second-order valence-electron chi connectivity index (χ2n) is 5.56. The first-order chi connectivity index (χ1) is 13.2. The number of rotatable bonds is 8. The summed E-state index contributed by atoms with van der Waals surface area (Å²) in [5.74, 6) is -4.27. The van der Waals surface area contributed by atoms with Gasteiger partial charge in [0.15, 0.2) is 11.6 Å². The molecule has 0 saturated heterocycles. The van der Waals surface area contributed by atoms with Crippen molar-refractivity contribution < 1.29 is 33.0 Å². The summed E-state index contributed by atoms with van der Waals surface area (Å²) in [5, 5.41) is 20.3. The summed E-state index contributed by atoms with van der Waals surface area (Å²) in [6.07, 6.45) is -0.979. The molecule has 0 aromatic heterocycles. The fraction of sp³-hybridized carbons (Fsp3) is 0.235. The number of anilines is 2. The van der Waals surface area contributed by atoms with E-state index >= 15 is 0 Å². The molecular weight excluding hydrogens is 560 g/mol. The van der Waals surface area contributed by atoms with Gasteiger partial charge in [0, 0.05) is 9.99 Å². The number of aliphatic hydroxyl groups excluding tert-OH is 2. The van der Waals surface area contributed by atoms with Crippen LogP contribution >= 0.6 is 38.5 Å². The first-order valence-corrected chi connectivity index (χ1v) is 9.72. The smallest absolute Gasteiger partial charge is 0.277 e. The van der Waals surface area contributed by atoms with Crippen molar-refractivity contribution in [2.75, 3.05) is 18.5 Å². The monoisotopic (exact) mass is 574 g/mol. The number of carbonyl (C=O) groups excluding carboxylic acids is 1. The molecule has 0 aliphatic rings. The van der Waals surface area contributed by atoms with Crippen LogP contribution in [-0.2, 0) is 4.84 Å². The molecule has 2 aromatic carbocycles. The maximum absolute atomic E-state index is 14.4. The predicted molar refractivity (Wildman–Crippen MR) is 108 cm³/mol. The molecule has 0 aliphatic heterocycles. The van der Waals surface area contributed by atoms with E-state index in [2.05, 4.69) is 21.2 Å². The highest BCUT2D eigenvalue weighted by molar-refractivity contribution is 14.1. The summed E-state index contributed by atoms with van der Waals surface area (Å²) in [4.78, 5) is 17.2. The van der Waals surface area contributed by atoms with Crippen LogP contribution < -0.4 is 10.8 Å². The molecule has 0 aliphatic carbocycles. The van der Waals surface area contributed by atoms with Gasteiger partial charge in [-0.05, 0) is 62.8 Å². The third-order valence-electron chi connectivity index (χ3n) is 3.53. The molecule has 6 nitrogen and oxygen atoms in total. The molecule has 152 valence electrons. The van der Waals surface area contributed by atoms with Gasteiger partial charge >= 0.3 is 0 Å². The van der Waals surface area contributed by atoms with Crippen LogP contribution in [0.15, 0.2) is 28.7 Å². The SMILES string of the molecule is O=C(NOCCC(O)CO)c1cc(Br)c(F)c(F)c1Nc1ccc(I)cc1F. The Morgan fingerprint density at radius 3 is 2.61 bits per heavy atom. The van der Waals surface area contributed by atoms with E-state index in [1.165, 1.54) is 12.1 Å². The molecule has 1 unspecified atom stereocenters. The Morgan fingerprint density at radius 2 is 1.96 bits per heavy atom. The largest absolute Gasteiger partial charge is 0.394 e. The fourth-order valence-electron chi connectivity index (χ4n) is 2.08. The number of halogens is 5. The van der Waals surface area contributed by atoms with Crippen molar-refractivity contribution in [1.29, 1.82) is 0 Å². The first kappa shape index (κ1) is 22.9. The summed E-state index contributed by atoms with van der Waals surface area (Å²) in [7, 11) is 0. The Morgan fingerprint density at radius 1 is 1.25 bits per heavy atom. The van der Waals surface area contributed by atoms with Gasteiger partial charge < -0.3 is 15.5 Å². The van der Waals surface area contributed by atoms with Crippen molar-refractivity contribution in [3.63, 3.8) is 0 Å². The second-order valence-corrected chi connectivity index (χ2v) is 7.66. The number of amides is 1. The number of nitrogens with one attached hydrogen (secondary N) is 2. The lowest BCUT2D eigenvalue weighted by Gasteiger charge is -2.15. The molecular formula is C17H15BrF3IN2O4. The van der Waals surface area contributed by atoms with Crippen LogP contribution in [0.5, 0.6) is 0 Å². The van der Waals surface area contributed by atoms with E-state index in [4.69, 9.17) is 9.94 Å². The highest BCUT2D eigenvalue weighted by Gasteiger charge is 2.23. The number of hydrogen-bond acceptors (Lipinski definition) is 5. The van der Waals surface area contributed by atoms with Gasteiger partial charge in [0.25, 0.3) is 5.91 Å². The zero-order chi connectivity index (χ0) is 20.8. The van der Waals surface area contributed by atoms with Crippen molar-refractivity contribution in [1.82, 2.24) is 5.48 Å². The number of hydrogen-bond donors (Lipinski definition) is 4. The van der Waals surface area contributed by atoms with Crippen LogP contribution in [0, 0.1) is 21.0 Å². The minimum absolute atomic E-state index is 0.0389. The number of hydroxylamine groups is 1. The van der Waals surface area contributed by atoms with Gasteiger partial charge in [0.2, 0.25) is 0 Å². The molecule has 2 rings (SSSR count). The minimum atomic E-state index is -1.38. The molecule has 0 spiro atoms. The van der Waals surface area contributed by atoms with E-state index in [0.29, 0.717) is 3.57 Å². The Labute approximate surface area is 180 Å². The minimum Gasteiger partial charge on any atom is -0.394 e. The van der Waals surface area contributed by atoms with Gasteiger partial charge in [0.05, 0.1) is 40.7 Å². The summed E-state index contributed by atoms with van der Waals surface area (Å²) in [6, 6.07) is 5.08. The Balaban J connectivity index is 2.26. The second kappa shape index (κ2) is 10.4. The van der Waals surface area contributed by atoms with Crippen LogP contribution in [-0.4, -0.2) is 35.4 Å². The van der Waals surface area contributed by atoms with Gasteiger partial charge in [-0.1, -0.05) is 0 Å². The zero-order valence-electron chi connectivity index (χ0n) is 14.1. The van der Waals surface area contributed by atoms with Gasteiger partial charge in [-0.3, -0.25) is 9.63 Å². The van der Waals surface area contributed by atoms with E-state index in [0.717, 1.165) is 6.07 Å². The Kier molecular flexibility index (Phi) is 8.49. The van der Waals surface area contributed by atoms with Gasteiger partial charge in [-0.25, -0.2) is 18.7 Å². The van der Waals surface area contributed by atoms with Crippen LogP contribution in [0.25, 0.3) is 0 Å². The lowest BCUT2D eigenvalue weighted by Crippen LogP contribution is -2.27. The van der Waals surface area contributed by atoms with Crippen molar-refractivity contribution in [3.8, 4) is 0 Å². The quantitative estimate of drug-likeness (QED) is 0.167. The Bertz CT molecular complexity index is 873. The molecule has 0 heterocycles. The van der Waals surface area contributed by atoms with Crippen molar-refractivity contribution in [3.05, 3.63) is 55.3 Å². The molecule has 4 N–H and O–H groups in total. The maximum Gasteiger partial charge on any atom is 0.277 e. The van der Waals surface area contributed by atoms with Gasteiger partial charge in [-0.15, -0.1) is 0 Å². The summed E-state index contributed by atoms with van der Waals surface area (Å²) >= 11 is 4.71. The Hall–Kier alpha value is -1.41. The first-order valence-electron chi connectivity index (χ1n) is 7.85. The van der Waals surface area contributed by atoms with Crippen molar-refractivity contribution in [2.24, 2.45) is 0 Å². The predicted octanol–water partition coefficient (Wildman–Crippen LogP) is 3.62. The highest BCUT2D eigenvalue weighted by atomic mass is 127. The van der Waals surface area contributed by atoms with Crippen LogP contribution in [0.2, 0.25) is 0 Å². The number of benzene rings is 2. The van der Waals surface area contributed by atoms with Crippen LogP contribution in [0.3, 0.4) is 0 Å². The molecule has 0 radical (unpaired) electrons. The average molecular weight is 575 g/mol. The number of aliphatic hydroxyl groups is 2. The van der Waals surface area contributed by atoms with E-state index in [1.54, 1.807) is 6.07 Å². The van der Waals surface area contributed by atoms with Crippen LogP contribution in [0.4, 0.5) is 24.5 Å². The summed E-state index contributed by atoms with van der Waals surface area (Å²) < 4.78 is 42.8. The van der Waals surface area contributed by atoms with E-state index in [-0.39, 0.29) is 28.8 Å². The molecule has 0 bridgehead atoms. The van der Waals surface area contributed by atoms with Crippen molar-refractivity contribution in [2.45, 2.75) is 12.5 Å². The van der Waals surface area contributed by atoms with Gasteiger partial charge in [-0.2, -0.15) is 0 Å². The molecule has 11 heteroatoms. The molecule has 0 fully saturated rings. The molecule has 0 saturated carbocycles. The third-order valence-corrected chi connectivity index (χ3v) is 4.77. The van der Waals surface area contributed by atoms with E-state index in [1.807, 2.05) is 28.1 Å². The van der Waals surface area contributed by atoms with E-state index in [9.17, 15) is 23.1 Å². The number of carbonyl (C=O) groups is 1. The molecule has 1 amide bonds. The lowest BCUT2D eigenvalue weighted by atomic mass is 10.1. The lowest BCUT2D eigenvalue weighted by molar-refractivity contribution is 0.00704.